The summed E-state index contributed by atoms with van der Waals surface area (Å²) in [6.07, 6.45) is 3.79. The zero-order valence-electron chi connectivity index (χ0n) is 18.2. The third-order valence-electron chi connectivity index (χ3n) is 6.00. The predicted molar refractivity (Wildman–Crippen MR) is 131 cm³/mol. The molecule has 4 aromatic rings. The summed E-state index contributed by atoms with van der Waals surface area (Å²) >= 11 is 1.56. The quantitative estimate of drug-likeness (QED) is 0.471. The lowest BCUT2D eigenvalue weighted by molar-refractivity contribution is 0.0926. The first-order valence-corrected chi connectivity index (χ1v) is 11.8. The third kappa shape index (κ3) is 4.23. The van der Waals surface area contributed by atoms with E-state index in [1.54, 1.807) is 16.8 Å². The van der Waals surface area contributed by atoms with Crippen molar-refractivity contribution in [2.45, 2.75) is 37.8 Å². The Balaban J connectivity index is 1.21. The molecule has 5 rings (SSSR count). The fourth-order valence-corrected chi connectivity index (χ4v) is 5.01. The lowest BCUT2D eigenvalue weighted by Crippen LogP contribution is -2.40. The summed E-state index contributed by atoms with van der Waals surface area (Å²) in [4.78, 5) is 28.5. The third-order valence-corrected chi connectivity index (χ3v) is 6.79. The largest absolute Gasteiger partial charge is 0.362 e. The summed E-state index contributed by atoms with van der Waals surface area (Å²) in [5.41, 5.74) is 4.38. The number of hydrogen-bond acceptors (Lipinski definition) is 7. The maximum absolute atomic E-state index is 12.7. The fraction of sp³-hybridized carbons (Fsp3) is 0.333. The number of para-hydroxylation sites is 1. The molecule has 0 aliphatic heterocycles. The van der Waals surface area contributed by atoms with E-state index in [-0.39, 0.29) is 11.9 Å². The maximum atomic E-state index is 12.7. The van der Waals surface area contributed by atoms with Gasteiger partial charge >= 0.3 is 0 Å². The summed E-state index contributed by atoms with van der Waals surface area (Å²) < 4.78 is 1.04. The molecule has 1 aliphatic carbocycles. The molecule has 2 heterocycles. The molecule has 7 nitrogen and oxygen atoms in total. The normalized spacial score (nSPS) is 18.6. The van der Waals surface area contributed by atoms with Crippen LogP contribution < -0.4 is 15.5 Å². The van der Waals surface area contributed by atoms with Crippen molar-refractivity contribution >= 4 is 50.1 Å². The Morgan fingerprint density at radius 3 is 2.59 bits per heavy atom. The lowest BCUT2D eigenvalue weighted by Gasteiger charge is -2.30. The van der Waals surface area contributed by atoms with E-state index in [9.17, 15) is 4.79 Å². The van der Waals surface area contributed by atoms with E-state index in [0.29, 0.717) is 17.6 Å². The van der Waals surface area contributed by atoms with Crippen molar-refractivity contribution in [1.29, 1.82) is 0 Å². The van der Waals surface area contributed by atoms with Gasteiger partial charge in [0.25, 0.3) is 5.91 Å². The van der Waals surface area contributed by atoms with Crippen LogP contribution >= 0.6 is 11.3 Å². The van der Waals surface area contributed by atoms with E-state index in [2.05, 4.69) is 21.7 Å². The SMILES string of the molecule is CN(C)c1nc(NC2CCC(NC(=O)c3ccc4ncsc4c3)CC2)nc2ccccc12. The second-order valence-electron chi connectivity index (χ2n) is 8.48. The number of rotatable bonds is 5. The number of thiazole rings is 1. The van der Waals surface area contributed by atoms with Crippen molar-refractivity contribution in [2.75, 3.05) is 24.3 Å². The topological polar surface area (TPSA) is 83.0 Å². The van der Waals surface area contributed by atoms with Gasteiger partial charge in [-0.1, -0.05) is 12.1 Å². The monoisotopic (exact) mass is 446 g/mol. The van der Waals surface area contributed by atoms with Crippen LogP contribution in [0.3, 0.4) is 0 Å². The Bertz CT molecular complexity index is 1260. The van der Waals surface area contributed by atoms with Gasteiger partial charge in [0.05, 0.1) is 21.2 Å². The number of aromatic nitrogens is 3. The average molecular weight is 447 g/mol. The fourth-order valence-electron chi connectivity index (χ4n) is 4.30. The number of carbonyl (C=O) groups excluding carboxylic acids is 1. The highest BCUT2D eigenvalue weighted by atomic mass is 32.1. The molecule has 0 bridgehead atoms. The first-order valence-electron chi connectivity index (χ1n) is 10.9. The number of nitrogens with one attached hydrogen (secondary N) is 2. The maximum Gasteiger partial charge on any atom is 0.251 e. The highest BCUT2D eigenvalue weighted by Gasteiger charge is 2.24. The van der Waals surface area contributed by atoms with Crippen LogP contribution in [-0.4, -0.2) is 47.0 Å². The van der Waals surface area contributed by atoms with Crippen LogP contribution in [0, 0.1) is 0 Å². The van der Waals surface area contributed by atoms with Gasteiger partial charge in [-0.05, 0) is 56.0 Å². The number of anilines is 2. The molecule has 0 saturated heterocycles. The van der Waals surface area contributed by atoms with Gasteiger partial charge in [0.2, 0.25) is 5.95 Å². The van der Waals surface area contributed by atoms with Crippen LogP contribution in [0.4, 0.5) is 11.8 Å². The van der Waals surface area contributed by atoms with Gasteiger partial charge in [-0.3, -0.25) is 4.79 Å². The van der Waals surface area contributed by atoms with Gasteiger partial charge in [0.1, 0.15) is 5.82 Å². The average Bonchev–Trinajstić information content (AvgIpc) is 3.27. The second kappa shape index (κ2) is 8.70. The van der Waals surface area contributed by atoms with Crippen molar-refractivity contribution in [2.24, 2.45) is 0 Å². The van der Waals surface area contributed by atoms with Crippen molar-refractivity contribution < 1.29 is 4.79 Å². The van der Waals surface area contributed by atoms with E-state index in [1.165, 1.54) is 0 Å². The molecule has 1 saturated carbocycles. The highest BCUT2D eigenvalue weighted by Crippen LogP contribution is 2.26. The molecule has 2 aromatic heterocycles. The number of carbonyl (C=O) groups is 1. The van der Waals surface area contributed by atoms with E-state index in [0.717, 1.165) is 52.6 Å². The molecular weight excluding hydrogens is 420 g/mol. The first-order chi connectivity index (χ1) is 15.6. The van der Waals surface area contributed by atoms with E-state index >= 15 is 0 Å². The Labute approximate surface area is 190 Å². The number of amides is 1. The second-order valence-corrected chi connectivity index (χ2v) is 9.37. The Morgan fingerprint density at radius 1 is 1.00 bits per heavy atom. The molecule has 0 atom stereocenters. The van der Waals surface area contributed by atoms with Crippen LogP contribution in [0.1, 0.15) is 36.0 Å². The summed E-state index contributed by atoms with van der Waals surface area (Å²) in [7, 11) is 4.00. The van der Waals surface area contributed by atoms with Crippen LogP contribution in [0.15, 0.2) is 48.0 Å². The van der Waals surface area contributed by atoms with Gasteiger partial charge in [-0.15, -0.1) is 11.3 Å². The molecule has 0 unspecified atom stereocenters. The van der Waals surface area contributed by atoms with Gasteiger partial charge in [-0.2, -0.15) is 4.98 Å². The molecule has 2 aromatic carbocycles. The molecular formula is C24H26N6OS. The minimum atomic E-state index is -0.00908. The molecule has 1 aliphatic rings. The van der Waals surface area contributed by atoms with Gasteiger partial charge in [-0.25, -0.2) is 9.97 Å². The Kier molecular flexibility index (Phi) is 5.61. The van der Waals surface area contributed by atoms with Crippen LogP contribution in [0.2, 0.25) is 0 Å². The van der Waals surface area contributed by atoms with E-state index in [1.807, 2.05) is 55.4 Å². The molecule has 0 radical (unpaired) electrons. The smallest absolute Gasteiger partial charge is 0.251 e. The molecule has 32 heavy (non-hydrogen) atoms. The van der Waals surface area contributed by atoms with Crippen LogP contribution in [-0.2, 0) is 0 Å². The highest BCUT2D eigenvalue weighted by molar-refractivity contribution is 7.16. The van der Waals surface area contributed by atoms with Gasteiger partial charge in [0, 0.05) is 37.1 Å². The first kappa shape index (κ1) is 20.6. The van der Waals surface area contributed by atoms with Crippen molar-refractivity contribution in [3.63, 3.8) is 0 Å². The zero-order valence-corrected chi connectivity index (χ0v) is 19.0. The van der Waals surface area contributed by atoms with Crippen LogP contribution in [0.5, 0.6) is 0 Å². The van der Waals surface area contributed by atoms with Crippen molar-refractivity contribution in [3.8, 4) is 0 Å². The molecule has 8 heteroatoms. The van der Waals surface area contributed by atoms with Gasteiger partial charge in [0.15, 0.2) is 0 Å². The summed E-state index contributed by atoms with van der Waals surface area (Å²) in [6, 6.07) is 14.3. The molecule has 2 N–H and O–H groups in total. The van der Waals surface area contributed by atoms with E-state index < -0.39 is 0 Å². The molecule has 164 valence electrons. The Morgan fingerprint density at radius 2 is 1.78 bits per heavy atom. The minimum Gasteiger partial charge on any atom is -0.362 e. The molecule has 1 amide bonds. The van der Waals surface area contributed by atoms with Crippen molar-refractivity contribution in [3.05, 3.63) is 53.5 Å². The number of nitrogens with zero attached hydrogens (tertiary/aromatic N) is 4. The lowest BCUT2D eigenvalue weighted by atomic mass is 9.91. The predicted octanol–water partition coefficient (Wildman–Crippen LogP) is 4.46. The summed E-state index contributed by atoms with van der Waals surface area (Å²) in [5, 5.41) is 7.78. The zero-order chi connectivity index (χ0) is 22.1. The molecule has 1 fully saturated rings. The number of fused-ring (bicyclic) bond motifs is 2. The Hall–Kier alpha value is -3.26. The molecule has 0 spiro atoms. The summed E-state index contributed by atoms with van der Waals surface area (Å²) in [6.45, 7) is 0. The minimum absolute atomic E-state index is 0.00908. The standard InChI is InChI=1S/C24H26N6OS/c1-30(2)22-18-5-3-4-6-19(18)28-24(29-22)27-17-10-8-16(9-11-17)26-23(31)15-7-12-20-21(13-15)32-14-25-20/h3-7,12-14,16-17H,8-11H2,1-2H3,(H,26,31)(H,27,28,29). The van der Waals surface area contributed by atoms with Gasteiger partial charge < -0.3 is 15.5 Å². The van der Waals surface area contributed by atoms with Crippen molar-refractivity contribution in [1.82, 2.24) is 20.3 Å². The van der Waals surface area contributed by atoms with Crippen LogP contribution in [0.25, 0.3) is 21.1 Å². The number of hydrogen-bond donors (Lipinski definition) is 2. The summed E-state index contributed by atoms with van der Waals surface area (Å²) in [5.74, 6) is 1.57. The van der Waals surface area contributed by atoms with E-state index in [4.69, 9.17) is 9.97 Å². The number of benzene rings is 2.